The number of nitrogens with one attached hydrogen (secondary N) is 1. The lowest BCUT2D eigenvalue weighted by Gasteiger charge is -2.37. The van der Waals surface area contributed by atoms with Gasteiger partial charge in [-0.3, -0.25) is 0 Å². The van der Waals surface area contributed by atoms with Gasteiger partial charge in [-0.05, 0) is 41.7 Å². The molecule has 1 nitrogen and oxygen atoms in total. The zero-order chi connectivity index (χ0) is 13.5. The molecule has 4 rings (SSSR count). The van der Waals surface area contributed by atoms with Crippen LogP contribution in [0.25, 0.3) is 0 Å². The van der Waals surface area contributed by atoms with Crippen molar-refractivity contribution in [1.29, 1.82) is 0 Å². The second kappa shape index (κ2) is 4.68. The van der Waals surface area contributed by atoms with E-state index in [1.54, 1.807) is 0 Å². The van der Waals surface area contributed by atoms with Crippen LogP contribution in [0.2, 0.25) is 5.02 Å². The highest BCUT2D eigenvalue weighted by Crippen LogP contribution is 2.50. The fraction of sp³-hybridized carbons (Fsp3) is 0.222. The molecule has 0 unspecified atom stereocenters. The first-order valence-corrected chi connectivity index (χ1v) is 7.48. The summed E-state index contributed by atoms with van der Waals surface area (Å²) in [5, 5.41) is 4.54. The summed E-state index contributed by atoms with van der Waals surface area (Å²) in [6.07, 6.45) is 5.78. The van der Waals surface area contributed by atoms with Gasteiger partial charge in [0.15, 0.2) is 0 Å². The number of benzene rings is 2. The first-order chi connectivity index (χ1) is 9.83. The largest absolute Gasteiger partial charge is 0.378 e. The Morgan fingerprint density at radius 3 is 2.75 bits per heavy atom. The third kappa shape index (κ3) is 1.85. The van der Waals surface area contributed by atoms with Crippen LogP contribution in [0.3, 0.4) is 0 Å². The normalized spacial score (nSPS) is 26.8. The number of rotatable bonds is 1. The molecule has 1 heterocycles. The van der Waals surface area contributed by atoms with Crippen molar-refractivity contribution in [3.05, 3.63) is 76.8 Å². The summed E-state index contributed by atoms with van der Waals surface area (Å²) in [4.78, 5) is 0. The molecular weight excluding hydrogens is 266 g/mol. The maximum atomic E-state index is 6.17. The lowest BCUT2D eigenvalue weighted by Crippen LogP contribution is -2.28. The monoisotopic (exact) mass is 281 g/mol. The lowest BCUT2D eigenvalue weighted by atomic mass is 9.77. The molecule has 2 aromatic rings. The summed E-state index contributed by atoms with van der Waals surface area (Å²) in [5.74, 6) is 1.07. The molecule has 1 aliphatic carbocycles. The number of allylic oxidation sites excluding steroid dienone is 2. The molecule has 0 saturated heterocycles. The average molecular weight is 282 g/mol. The Morgan fingerprint density at radius 2 is 1.90 bits per heavy atom. The van der Waals surface area contributed by atoms with Crippen LogP contribution in [0.5, 0.6) is 0 Å². The molecule has 20 heavy (non-hydrogen) atoms. The molecule has 0 saturated carbocycles. The SMILES string of the molecule is Clc1ccc2c(c1)[C@H]1C=CC[C@H]1[C@@H](c1ccccc1)N2. The highest BCUT2D eigenvalue weighted by atomic mass is 35.5. The Kier molecular flexibility index (Phi) is 2.82. The Morgan fingerprint density at radius 1 is 1.05 bits per heavy atom. The van der Waals surface area contributed by atoms with Gasteiger partial charge >= 0.3 is 0 Å². The third-order valence-electron chi connectivity index (χ3n) is 4.48. The summed E-state index contributed by atoms with van der Waals surface area (Å²) in [7, 11) is 0. The van der Waals surface area contributed by atoms with E-state index >= 15 is 0 Å². The first-order valence-electron chi connectivity index (χ1n) is 7.10. The van der Waals surface area contributed by atoms with Gasteiger partial charge in [0.25, 0.3) is 0 Å². The Labute approximate surface area is 124 Å². The Balaban J connectivity index is 1.80. The summed E-state index contributed by atoms with van der Waals surface area (Å²) in [6.45, 7) is 0. The zero-order valence-electron chi connectivity index (χ0n) is 11.1. The van der Waals surface area contributed by atoms with Crippen LogP contribution in [-0.4, -0.2) is 0 Å². The van der Waals surface area contributed by atoms with Crippen molar-refractivity contribution in [2.75, 3.05) is 5.32 Å². The van der Waals surface area contributed by atoms with E-state index in [1.807, 2.05) is 6.07 Å². The van der Waals surface area contributed by atoms with Crippen LogP contribution in [-0.2, 0) is 0 Å². The van der Waals surface area contributed by atoms with Crippen molar-refractivity contribution in [1.82, 2.24) is 0 Å². The van der Waals surface area contributed by atoms with Gasteiger partial charge in [-0.2, -0.15) is 0 Å². The molecule has 0 fully saturated rings. The van der Waals surface area contributed by atoms with E-state index in [-0.39, 0.29) is 0 Å². The lowest BCUT2D eigenvalue weighted by molar-refractivity contribution is 0.425. The fourth-order valence-corrected chi connectivity index (χ4v) is 3.74. The van der Waals surface area contributed by atoms with Crippen molar-refractivity contribution in [3.63, 3.8) is 0 Å². The molecule has 2 aliphatic rings. The van der Waals surface area contributed by atoms with Crippen LogP contribution in [0, 0.1) is 5.92 Å². The predicted molar refractivity (Wildman–Crippen MR) is 84.2 cm³/mol. The van der Waals surface area contributed by atoms with Crippen molar-refractivity contribution < 1.29 is 0 Å². The highest BCUT2D eigenvalue weighted by molar-refractivity contribution is 6.30. The van der Waals surface area contributed by atoms with Crippen LogP contribution in [0.4, 0.5) is 5.69 Å². The van der Waals surface area contributed by atoms with Crippen molar-refractivity contribution in [2.45, 2.75) is 18.4 Å². The van der Waals surface area contributed by atoms with E-state index in [9.17, 15) is 0 Å². The second-order valence-corrected chi connectivity index (χ2v) is 6.05. The van der Waals surface area contributed by atoms with Crippen molar-refractivity contribution in [3.8, 4) is 0 Å². The summed E-state index contributed by atoms with van der Waals surface area (Å²) >= 11 is 6.17. The summed E-state index contributed by atoms with van der Waals surface area (Å²) in [6, 6.07) is 17.3. The van der Waals surface area contributed by atoms with E-state index in [1.165, 1.54) is 16.8 Å². The molecule has 1 aliphatic heterocycles. The molecule has 0 radical (unpaired) electrons. The van der Waals surface area contributed by atoms with Crippen molar-refractivity contribution >= 4 is 17.3 Å². The number of halogens is 1. The summed E-state index contributed by atoms with van der Waals surface area (Å²) < 4.78 is 0. The molecular formula is C18H16ClN. The molecule has 3 atom stereocenters. The number of hydrogen-bond acceptors (Lipinski definition) is 1. The zero-order valence-corrected chi connectivity index (χ0v) is 11.8. The maximum Gasteiger partial charge on any atom is 0.0553 e. The van der Waals surface area contributed by atoms with E-state index in [0.717, 1.165) is 11.4 Å². The van der Waals surface area contributed by atoms with E-state index in [4.69, 9.17) is 11.6 Å². The molecule has 100 valence electrons. The van der Waals surface area contributed by atoms with E-state index in [0.29, 0.717) is 17.9 Å². The smallest absolute Gasteiger partial charge is 0.0553 e. The van der Waals surface area contributed by atoms with Gasteiger partial charge in [-0.25, -0.2) is 0 Å². The summed E-state index contributed by atoms with van der Waals surface area (Å²) in [5.41, 5.74) is 3.92. The highest BCUT2D eigenvalue weighted by Gasteiger charge is 2.37. The van der Waals surface area contributed by atoms with Crippen LogP contribution in [0.15, 0.2) is 60.7 Å². The predicted octanol–water partition coefficient (Wildman–Crippen LogP) is 5.17. The molecule has 2 aromatic carbocycles. The van der Waals surface area contributed by atoms with Crippen LogP contribution >= 0.6 is 11.6 Å². The molecule has 0 aromatic heterocycles. The second-order valence-electron chi connectivity index (χ2n) is 5.62. The topological polar surface area (TPSA) is 12.0 Å². The minimum absolute atomic E-state index is 0.380. The molecule has 0 spiro atoms. The van der Waals surface area contributed by atoms with Gasteiger partial charge in [0.1, 0.15) is 0 Å². The van der Waals surface area contributed by atoms with Gasteiger partial charge in [0.05, 0.1) is 6.04 Å². The first kappa shape index (κ1) is 12.0. The minimum atomic E-state index is 0.380. The van der Waals surface area contributed by atoms with E-state index in [2.05, 4.69) is 59.9 Å². The van der Waals surface area contributed by atoms with Crippen molar-refractivity contribution in [2.24, 2.45) is 5.92 Å². The molecule has 0 bridgehead atoms. The standard InChI is InChI=1S/C18H16ClN/c19-13-9-10-17-16(11-13)14-7-4-8-15(14)18(20-17)12-5-2-1-3-6-12/h1-7,9-11,14-15,18,20H,8H2/t14-,15+,18+/m0/s1. The van der Waals surface area contributed by atoms with Gasteiger partial charge in [0.2, 0.25) is 0 Å². The maximum absolute atomic E-state index is 6.17. The van der Waals surface area contributed by atoms with Gasteiger partial charge in [-0.15, -0.1) is 0 Å². The quantitative estimate of drug-likeness (QED) is 0.711. The number of anilines is 1. The number of hydrogen-bond donors (Lipinski definition) is 1. The van der Waals surface area contributed by atoms with E-state index < -0.39 is 0 Å². The van der Waals surface area contributed by atoms with Crippen LogP contribution < -0.4 is 5.32 Å². The van der Waals surface area contributed by atoms with Crippen LogP contribution in [0.1, 0.15) is 29.5 Å². The van der Waals surface area contributed by atoms with Gasteiger partial charge in [0, 0.05) is 16.6 Å². The fourth-order valence-electron chi connectivity index (χ4n) is 3.56. The molecule has 0 amide bonds. The van der Waals surface area contributed by atoms with Gasteiger partial charge < -0.3 is 5.32 Å². The molecule has 2 heteroatoms. The molecule has 1 N–H and O–H groups in total. The average Bonchev–Trinajstić information content (AvgIpc) is 2.97. The van der Waals surface area contributed by atoms with Gasteiger partial charge in [-0.1, -0.05) is 54.1 Å². The third-order valence-corrected chi connectivity index (χ3v) is 4.72. The Bertz CT molecular complexity index is 662. The minimum Gasteiger partial charge on any atom is -0.378 e. The Hall–Kier alpha value is -1.73. The number of fused-ring (bicyclic) bond motifs is 3.